The monoisotopic (exact) mass is 501 g/mol. The van der Waals surface area contributed by atoms with Crippen molar-refractivity contribution in [3.63, 3.8) is 0 Å². The zero-order valence-electron chi connectivity index (χ0n) is 23.8. The van der Waals surface area contributed by atoms with E-state index in [2.05, 4.69) is 31.0 Å². The third-order valence-corrected chi connectivity index (χ3v) is 6.32. The Labute approximate surface area is 218 Å². The molecule has 1 heterocycles. The van der Waals surface area contributed by atoms with Crippen molar-refractivity contribution in [2.24, 2.45) is 4.99 Å². The van der Waals surface area contributed by atoms with Crippen molar-refractivity contribution in [1.29, 1.82) is 0 Å². The second-order valence-corrected chi connectivity index (χ2v) is 10.8. The van der Waals surface area contributed by atoms with Gasteiger partial charge in [0.15, 0.2) is 0 Å². The van der Waals surface area contributed by atoms with Crippen molar-refractivity contribution >= 4 is 29.7 Å². The Bertz CT molecular complexity index is 901. The van der Waals surface area contributed by atoms with Crippen LogP contribution < -0.4 is 10.2 Å². The van der Waals surface area contributed by atoms with E-state index in [0.717, 1.165) is 55.1 Å². The highest BCUT2D eigenvalue weighted by Gasteiger charge is 2.32. The van der Waals surface area contributed by atoms with Gasteiger partial charge in [-0.2, -0.15) is 0 Å². The van der Waals surface area contributed by atoms with E-state index in [4.69, 9.17) is 9.73 Å². The van der Waals surface area contributed by atoms with Gasteiger partial charge in [-0.3, -0.25) is 14.6 Å². The third kappa shape index (κ3) is 8.03. The summed E-state index contributed by atoms with van der Waals surface area (Å²) in [5.41, 5.74) is 1.87. The number of carbonyl (C=O) groups is 2. The number of benzene rings is 1. The van der Waals surface area contributed by atoms with Crippen LogP contribution in [0.1, 0.15) is 73.8 Å². The number of anilines is 1. The van der Waals surface area contributed by atoms with Gasteiger partial charge in [-0.1, -0.05) is 19.4 Å². The fourth-order valence-corrected chi connectivity index (χ4v) is 4.74. The molecule has 1 saturated heterocycles. The third-order valence-electron chi connectivity index (χ3n) is 6.32. The van der Waals surface area contributed by atoms with E-state index in [0.29, 0.717) is 25.2 Å². The zero-order valence-corrected chi connectivity index (χ0v) is 23.8. The lowest BCUT2D eigenvalue weighted by Gasteiger charge is -2.42. The van der Waals surface area contributed by atoms with Crippen molar-refractivity contribution in [1.82, 2.24) is 15.1 Å². The first-order chi connectivity index (χ1) is 16.9. The highest BCUT2D eigenvalue weighted by Crippen LogP contribution is 2.29. The molecule has 1 aromatic rings. The maximum absolute atomic E-state index is 12.9. The number of nitrogens with one attached hydrogen (secondary N) is 1. The van der Waals surface area contributed by atoms with E-state index in [1.54, 1.807) is 9.80 Å². The molecule has 1 fully saturated rings. The molecule has 1 aromatic carbocycles. The summed E-state index contributed by atoms with van der Waals surface area (Å²) < 4.78 is 5.62. The summed E-state index contributed by atoms with van der Waals surface area (Å²) in [5, 5.41) is 3.60. The van der Waals surface area contributed by atoms with Gasteiger partial charge in [-0.05, 0) is 79.5 Å². The molecule has 0 radical (unpaired) electrons. The number of aryl methyl sites for hydroxylation is 1. The Balaban J connectivity index is 2.56. The molecule has 2 amide bonds. The standard InChI is InChI=1S/C28H47N5O3/c1-10-13-25(32-17-21(5)29-22(6)18-32)26(31(11-2)19-34)30-24-16-23(15-14-20(24)4)33(12-3)27(35)36-28(7,8)9/h14-16,19,21-22,25,29H,10-13,17-18H2,1-9H3. The largest absolute Gasteiger partial charge is 0.443 e. The molecule has 3 atom stereocenters. The molecule has 8 heteroatoms. The summed E-state index contributed by atoms with van der Waals surface area (Å²) in [7, 11) is 0. The van der Waals surface area contributed by atoms with Gasteiger partial charge in [-0.15, -0.1) is 0 Å². The van der Waals surface area contributed by atoms with Gasteiger partial charge >= 0.3 is 6.09 Å². The molecule has 3 unspecified atom stereocenters. The number of hydrogen-bond acceptors (Lipinski definition) is 6. The van der Waals surface area contributed by atoms with Crippen molar-refractivity contribution in [2.75, 3.05) is 31.1 Å². The molecule has 36 heavy (non-hydrogen) atoms. The summed E-state index contributed by atoms with van der Waals surface area (Å²) in [4.78, 5) is 35.9. The van der Waals surface area contributed by atoms with Crippen LogP contribution in [0.4, 0.5) is 16.2 Å². The highest BCUT2D eigenvalue weighted by atomic mass is 16.6. The summed E-state index contributed by atoms with van der Waals surface area (Å²) >= 11 is 0. The lowest BCUT2D eigenvalue weighted by Crippen LogP contribution is -2.60. The smallest absolute Gasteiger partial charge is 0.414 e. The van der Waals surface area contributed by atoms with Crippen LogP contribution >= 0.6 is 0 Å². The Hall–Kier alpha value is -2.45. The molecular weight excluding hydrogens is 454 g/mol. The maximum atomic E-state index is 12.9. The van der Waals surface area contributed by atoms with Gasteiger partial charge in [-0.25, -0.2) is 9.79 Å². The number of amides is 2. The molecule has 1 aliphatic rings. The first-order valence-corrected chi connectivity index (χ1v) is 13.4. The fraction of sp³-hybridized carbons (Fsp3) is 0.679. The SMILES string of the molecule is CCCC(C(=Nc1cc(N(CC)C(=O)OC(C)(C)C)ccc1C)N(C=O)CC)N1CC(C)NC(C)C1. The minimum absolute atomic E-state index is 0.0170. The lowest BCUT2D eigenvalue weighted by atomic mass is 10.0. The molecule has 0 bridgehead atoms. The average molecular weight is 502 g/mol. The molecule has 0 aliphatic carbocycles. The molecular formula is C28H47N5O3. The number of hydrogen-bond donors (Lipinski definition) is 1. The van der Waals surface area contributed by atoms with Crippen LogP contribution in [0.2, 0.25) is 0 Å². The number of ether oxygens (including phenoxy) is 1. The minimum Gasteiger partial charge on any atom is -0.443 e. The Morgan fingerprint density at radius 2 is 1.83 bits per heavy atom. The van der Waals surface area contributed by atoms with Gasteiger partial charge < -0.3 is 15.0 Å². The zero-order chi connectivity index (χ0) is 27.0. The van der Waals surface area contributed by atoms with E-state index < -0.39 is 5.60 Å². The first-order valence-electron chi connectivity index (χ1n) is 13.4. The Morgan fingerprint density at radius 1 is 1.19 bits per heavy atom. The summed E-state index contributed by atoms with van der Waals surface area (Å²) in [6.45, 7) is 20.8. The van der Waals surface area contributed by atoms with Crippen molar-refractivity contribution in [2.45, 2.75) is 98.9 Å². The summed E-state index contributed by atoms with van der Waals surface area (Å²) in [5.74, 6) is 0.760. The first kappa shape index (κ1) is 29.8. The number of carbonyl (C=O) groups excluding carboxylic acids is 2. The van der Waals surface area contributed by atoms with Crippen LogP contribution in [0.3, 0.4) is 0 Å². The quantitative estimate of drug-likeness (QED) is 0.289. The van der Waals surface area contributed by atoms with E-state index in [1.807, 2.05) is 59.7 Å². The van der Waals surface area contributed by atoms with E-state index in [-0.39, 0.29) is 12.1 Å². The molecule has 0 aromatic heterocycles. The van der Waals surface area contributed by atoms with Crippen LogP contribution in [0.15, 0.2) is 23.2 Å². The van der Waals surface area contributed by atoms with Gasteiger partial charge in [0.2, 0.25) is 6.41 Å². The van der Waals surface area contributed by atoms with Gasteiger partial charge in [0, 0.05) is 44.0 Å². The summed E-state index contributed by atoms with van der Waals surface area (Å²) in [6, 6.07) is 6.55. The average Bonchev–Trinajstić information content (AvgIpc) is 2.78. The van der Waals surface area contributed by atoms with Crippen LogP contribution in [-0.4, -0.2) is 78.0 Å². The predicted octanol–water partition coefficient (Wildman–Crippen LogP) is 5.12. The number of piperazine rings is 1. The number of aliphatic imine (C=N–C) groups is 1. The highest BCUT2D eigenvalue weighted by molar-refractivity contribution is 5.97. The Kier molecular flexibility index (Phi) is 10.9. The number of rotatable bonds is 9. The minimum atomic E-state index is -0.583. The molecule has 202 valence electrons. The number of amidine groups is 1. The second kappa shape index (κ2) is 13.2. The fourth-order valence-electron chi connectivity index (χ4n) is 4.74. The second-order valence-electron chi connectivity index (χ2n) is 10.8. The van der Waals surface area contributed by atoms with Crippen molar-refractivity contribution in [3.05, 3.63) is 23.8 Å². The van der Waals surface area contributed by atoms with E-state index in [1.165, 1.54) is 0 Å². The van der Waals surface area contributed by atoms with Gasteiger partial charge in [0.25, 0.3) is 0 Å². The molecule has 8 nitrogen and oxygen atoms in total. The van der Waals surface area contributed by atoms with Crippen molar-refractivity contribution in [3.8, 4) is 0 Å². The van der Waals surface area contributed by atoms with Crippen molar-refractivity contribution < 1.29 is 14.3 Å². The van der Waals surface area contributed by atoms with Crippen LogP contribution in [0.25, 0.3) is 0 Å². The van der Waals surface area contributed by atoms with Gasteiger partial charge in [0.05, 0.1) is 11.7 Å². The molecule has 0 spiro atoms. The predicted molar refractivity (Wildman–Crippen MR) is 148 cm³/mol. The van der Waals surface area contributed by atoms with Gasteiger partial charge in [0.1, 0.15) is 11.4 Å². The summed E-state index contributed by atoms with van der Waals surface area (Å²) in [6.07, 6.45) is 2.38. The van der Waals surface area contributed by atoms with E-state index >= 15 is 0 Å². The normalized spacial score (nSPS) is 20.1. The number of nitrogens with zero attached hydrogens (tertiary/aromatic N) is 4. The Morgan fingerprint density at radius 3 is 2.33 bits per heavy atom. The molecule has 0 saturated carbocycles. The maximum Gasteiger partial charge on any atom is 0.414 e. The van der Waals surface area contributed by atoms with Crippen LogP contribution in [0, 0.1) is 6.92 Å². The number of likely N-dealkylation sites (N-methyl/N-ethyl adjacent to an activating group) is 1. The topological polar surface area (TPSA) is 77.5 Å². The lowest BCUT2D eigenvalue weighted by molar-refractivity contribution is -0.114. The molecule has 1 N–H and O–H groups in total. The van der Waals surface area contributed by atoms with Crippen LogP contribution in [-0.2, 0) is 9.53 Å². The van der Waals surface area contributed by atoms with Crippen LogP contribution in [0.5, 0.6) is 0 Å². The molecule has 2 rings (SSSR count). The van der Waals surface area contributed by atoms with E-state index in [9.17, 15) is 9.59 Å². The molecule has 1 aliphatic heterocycles.